The van der Waals surface area contributed by atoms with Crippen molar-refractivity contribution in [1.29, 1.82) is 0 Å². The van der Waals surface area contributed by atoms with E-state index in [1.54, 1.807) is 0 Å². The van der Waals surface area contributed by atoms with E-state index in [9.17, 15) is 14.0 Å². The molecule has 0 fully saturated rings. The molecule has 8 heteroatoms. The van der Waals surface area contributed by atoms with E-state index in [4.69, 9.17) is 16.7 Å². The Hall–Kier alpha value is -1.34. The Balaban J connectivity index is 2.78. The number of carboxylic acids is 1. The molecule has 0 unspecified atom stereocenters. The second-order valence-corrected chi connectivity index (χ2v) is 5.28. The molecule has 1 atom stereocenters. The SMILES string of the molecule is CCC[C@@H](NC(=O)Nc1c(Cl)cc(F)cc1Br)C(=O)O. The summed E-state index contributed by atoms with van der Waals surface area (Å²) in [4.78, 5) is 22.7. The van der Waals surface area contributed by atoms with Gasteiger partial charge in [-0.25, -0.2) is 14.0 Å². The second-order valence-electron chi connectivity index (χ2n) is 4.02. The number of carboxylic acid groups (broad SMARTS) is 1. The Bertz CT molecular complexity index is 504. The van der Waals surface area contributed by atoms with Gasteiger partial charge >= 0.3 is 12.0 Å². The molecule has 0 aliphatic rings. The van der Waals surface area contributed by atoms with Crippen molar-refractivity contribution in [3.8, 4) is 0 Å². The summed E-state index contributed by atoms with van der Waals surface area (Å²) >= 11 is 8.88. The highest BCUT2D eigenvalue weighted by atomic mass is 79.9. The van der Waals surface area contributed by atoms with E-state index in [-0.39, 0.29) is 15.2 Å². The molecule has 20 heavy (non-hydrogen) atoms. The Morgan fingerprint density at radius 2 is 2.15 bits per heavy atom. The number of nitrogens with one attached hydrogen (secondary N) is 2. The molecule has 0 radical (unpaired) electrons. The van der Waals surface area contributed by atoms with E-state index >= 15 is 0 Å². The van der Waals surface area contributed by atoms with Gasteiger partial charge in [0.1, 0.15) is 11.9 Å². The van der Waals surface area contributed by atoms with E-state index < -0.39 is 23.9 Å². The fourth-order valence-corrected chi connectivity index (χ4v) is 2.41. The van der Waals surface area contributed by atoms with Crippen LogP contribution >= 0.6 is 27.5 Å². The monoisotopic (exact) mass is 366 g/mol. The third-order valence-electron chi connectivity index (χ3n) is 2.43. The highest BCUT2D eigenvalue weighted by molar-refractivity contribution is 9.10. The fraction of sp³-hybridized carbons (Fsp3) is 0.333. The predicted octanol–water partition coefficient (Wildman–Crippen LogP) is 3.62. The summed E-state index contributed by atoms with van der Waals surface area (Å²) in [6, 6.07) is 0.475. The van der Waals surface area contributed by atoms with Crippen LogP contribution in [0.2, 0.25) is 5.02 Å². The first-order valence-corrected chi connectivity index (χ1v) is 6.97. The number of hydrogen-bond donors (Lipinski definition) is 3. The van der Waals surface area contributed by atoms with Crippen LogP contribution in [0.5, 0.6) is 0 Å². The van der Waals surface area contributed by atoms with Crippen molar-refractivity contribution in [2.75, 3.05) is 5.32 Å². The first-order valence-electron chi connectivity index (χ1n) is 5.80. The number of carbonyl (C=O) groups excluding carboxylic acids is 1. The topological polar surface area (TPSA) is 78.4 Å². The third-order valence-corrected chi connectivity index (χ3v) is 3.35. The highest BCUT2D eigenvalue weighted by Gasteiger charge is 2.20. The standard InChI is InChI=1S/C12H13BrClFN2O3/c1-2-3-9(11(18)19)16-12(20)17-10-7(13)4-6(15)5-8(10)14/h4-5,9H,2-3H2,1H3,(H,18,19)(H2,16,17,20)/t9-/m1/s1. The number of hydrogen-bond acceptors (Lipinski definition) is 2. The number of rotatable bonds is 5. The minimum Gasteiger partial charge on any atom is -0.480 e. The van der Waals surface area contributed by atoms with Gasteiger partial charge in [-0.15, -0.1) is 0 Å². The molecule has 0 aliphatic carbocycles. The largest absolute Gasteiger partial charge is 0.480 e. The molecule has 1 aromatic carbocycles. The lowest BCUT2D eigenvalue weighted by Gasteiger charge is -2.15. The van der Waals surface area contributed by atoms with E-state index in [1.807, 2.05) is 6.92 Å². The number of benzene rings is 1. The van der Waals surface area contributed by atoms with Crippen LogP contribution in [-0.4, -0.2) is 23.1 Å². The van der Waals surface area contributed by atoms with Crippen LogP contribution in [0.25, 0.3) is 0 Å². The number of urea groups is 1. The summed E-state index contributed by atoms with van der Waals surface area (Å²) in [7, 11) is 0. The molecule has 0 saturated heterocycles. The number of carbonyl (C=O) groups is 2. The fourth-order valence-electron chi connectivity index (χ4n) is 1.52. The zero-order chi connectivity index (χ0) is 15.3. The van der Waals surface area contributed by atoms with Crippen LogP contribution in [0.15, 0.2) is 16.6 Å². The summed E-state index contributed by atoms with van der Waals surface area (Å²) in [5.41, 5.74) is 0.172. The third kappa shape index (κ3) is 4.64. The Morgan fingerprint density at radius 1 is 1.50 bits per heavy atom. The lowest BCUT2D eigenvalue weighted by molar-refractivity contribution is -0.139. The molecular weight excluding hydrogens is 354 g/mol. The maximum absolute atomic E-state index is 13.0. The number of aliphatic carboxylic acids is 1. The van der Waals surface area contributed by atoms with Gasteiger partial charge in [-0.3, -0.25) is 0 Å². The summed E-state index contributed by atoms with van der Waals surface area (Å²) in [5, 5.41) is 13.6. The average molecular weight is 368 g/mol. The molecular formula is C12H13BrClFN2O3. The van der Waals surface area contributed by atoms with Crippen molar-refractivity contribution in [3.05, 3.63) is 27.4 Å². The quantitative estimate of drug-likeness (QED) is 0.744. The zero-order valence-electron chi connectivity index (χ0n) is 10.5. The summed E-state index contributed by atoms with van der Waals surface area (Å²) in [6.07, 6.45) is 0.916. The highest BCUT2D eigenvalue weighted by Crippen LogP contribution is 2.31. The smallest absolute Gasteiger partial charge is 0.326 e. The van der Waals surface area contributed by atoms with Gasteiger partial charge in [-0.05, 0) is 34.5 Å². The minimum atomic E-state index is -1.12. The van der Waals surface area contributed by atoms with E-state index in [2.05, 4.69) is 26.6 Å². The normalized spacial score (nSPS) is 11.8. The molecule has 0 bridgehead atoms. The summed E-state index contributed by atoms with van der Waals surface area (Å²) in [5.74, 6) is -1.67. The van der Waals surface area contributed by atoms with E-state index in [0.29, 0.717) is 12.8 Å². The lowest BCUT2D eigenvalue weighted by Crippen LogP contribution is -2.43. The number of amides is 2. The first kappa shape index (κ1) is 16.7. The van der Waals surface area contributed by atoms with Gasteiger partial charge in [-0.2, -0.15) is 0 Å². The van der Waals surface area contributed by atoms with Crippen LogP contribution in [0, 0.1) is 5.82 Å². The minimum absolute atomic E-state index is 0.00870. The summed E-state index contributed by atoms with van der Waals surface area (Å²) in [6.45, 7) is 1.81. The van der Waals surface area contributed by atoms with Crippen LogP contribution in [0.4, 0.5) is 14.9 Å². The molecule has 0 saturated carbocycles. The van der Waals surface area contributed by atoms with Crippen molar-refractivity contribution >= 4 is 45.2 Å². The number of halogens is 3. The Morgan fingerprint density at radius 3 is 2.65 bits per heavy atom. The maximum atomic E-state index is 13.0. The molecule has 5 nitrogen and oxygen atoms in total. The van der Waals surface area contributed by atoms with Crippen LogP contribution in [-0.2, 0) is 4.79 Å². The van der Waals surface area contributed by atoms with Crippen LogP contribution in [0.1, 0.15) is 19.8 Å². The molecule has 0 aromatic heterocycles. The van der Waals surface area contributed by atoms with Gasteiger partial charge < -0.3 is 15.7 Å². The Kier molecular flexibility index (Phi) is 6.22. The van der Waals surface area contributed by atoms with Crippen molar-refractivity contribution in [3.63, 3.8) is 0 Å². The van der Waals surface area contributed by atoms with Gasteiger partial charge in [0.25, 0.3) is 0 Å². The molecule has 0 heterocycles. The molecule has 3 N–H and O–H groups in total. The Labute approximate surface area is 128 Å². The second kappa shape index (κ2) is 7.44. The van der Waals surface area contributed by atoms with Gasteiger partial charge in [-0.1, -0.05) is 24.9 Å². The summed E-state index contributed by atoms with van der Waals surface area (Å²) < 4.78 is 13.3. The van der Waals surface area contributed by atoms with Gasteiger partial charge in [0.15, 0.2) is 0 Å². The molecule has 2 amide bonds. The number of anilines is 1. The van der Waals surface area contributed by atoms with Gasteiger partial charge in [0.05, 0.1) is 10.7 Å². The first-order chi connectivity index (χ1) is 9.35. The van der Waals surface area contributed by atoms with Crippen molar-refractivity contribution in [2.45, 2.75) is 25.8 Å². The van der Waals surface area contributed by atoms with Crippen LogP contribution < -0.4 is 10.6 Å². The maximum Gasteiger partial charge on any atom is 0.326 e. The van der Waals surface area contributed by atoms with Crippen LogP contribution in [0.3, 0.4) is 0 Å². The van der Waals surface area contributed by atoms with E-state index in [0.717, 1.165) is 12.1 Å². The predicted molar refractivity (Wildman–Crippen MR) is 77.6 cm³/mol. The van der Waals surface area contributed by atoms with Gasteiger partial charge in [0, 0.05) is 4.47 Å². The molecule has 110 valence electrons. The van der Waals surface area contributed by atoms with Crippen molar-refractivity contribution < 1.29 is 19.1 Å². The molecule has 0 spiro atoms. The molecule has 1 rings (SSSR count). The lowest BCUT2D eigenvalue weighted by atomic mass is 10.2. The zero-order valence-corrected chi connectivity index (χ0v) is 12.9. The van der Waals surface area contributed by atoms with Crippen molar-refractivity contribution in [2.24, 2.45) is 0 Å². The molecule has 1 aromatic rings. The average Bonchev–Trinajstić information content (AvgIpc) is 2.33. The molecule has 0 aliphatic heterocycles. The van der Waals surface area contributed by atoms with Crippen molar-refractivity contribution in [1.82, 2.24) is 5.32 Å². The van der Waals surface area contributed by atoms with Gasteiger partial charge in [0.2, 0.25) is 0 Å². The van der Waals surface area contributed by atoms with E-state index in [1.165, 1.54) is 0 Å².